The minimum Gasteiger partial charge on any atom is -0.381 e. The maximum Gasteiger partial charge on any atom is 0.223 e. The zero-order chi connectivity index (χ0) is 40.7. The normalized spacial score (nSPS) is 18.7. The fraction of sp³-hybridized carbons (Fsp3) is 0.674. The molecule has 2 heterocycles. The lowest BCUT2D eigenvalue weighted by atomic mass is 9.79. The summed E-state index contributed by atoms with van der Waals surface area (Å²) in [6, 6.07) is 0. The fourth-order valence-electron chi connectivity index (χ4n) is 8.13. The first-order chi connectivity index (χ1) is 27.7. The predicted molar refractivity (Wildman–Crippen MR) is 232 cm³/mol. The SMILES string of the molecule is Cc1nn(C)c(C2C=CC(CNCCCNCCCCCCCCOCCC=O)=CC2)c1N=CN(C=O)CC1(C)CCN(C(=O)CC(C)C2=CCCCC=C2)CC1. The Kier molecular flexibility index (Phi) is 20.7. The highest BCUT2D eigenvalue weighted by Crippen LogP contribution is 2.36. The van der Waals surface area contributed by atoms with E-state index in [1.807, 2.05) is 23.6 Å². The molecule has 1 saturated heterocycles. The van der Waals surface area contributed by atoms with E-state index in [0.717, 1.165) is 108 Å². The van der Waals surface area contributed by atoms with Crippen LogP contribution < -0.4 is 10.6 Å². The molecule has 316 valence electrons. The molecule has 3 aliphatic rings. The second-order valence-electron chi connectivity index (χ2n) is 16.7. The number of unbranched alkanes of at least 4 members (excludes halogenated alkanes) is 5. The number of carbonyl (C=O) groups excluding carboxylic acids is 3. The van der Waals surface area contributed by atoms with Crippen LogP contribution in [0.15, 0.2) is 52.6 Å². The number of allylic oxidation sites excluding steroid dienone is 6. The van der Waals surface area contributed by atoms with Crippen molar-refractivity contribution in [1.29, 1.82) is 0 Å². The Morgan fingerprint density at radius 2 is 1.77 bits per heavy atom. The van der Waals surface area contributed by atoms with E-state index in [0.29, 0.717) is 39.1 Å². The van der Waals surface area contributed by atoms with E-state index in [9.17, 15) is 14.4 Å². The second kappa shape index (κ2) is 25.6. The number of aromatic nitrogens is 2. The number of aldehydes is 1. The van der Waals surface area contributed by atoms with E-state index >= 15 is 0 Å². The van der Waals surface area contributed by atoms with Gasteiger partial charge >= 0.3 is 0 Å². The lowest BCUT2D eigenvalue weighted by Gasteiger charge is -2.41. The minimum absolute atomic E-state index is 0.0937. The number of nitrogens with zero attached hydrogens (tertiary/aromatic N) is 5. The number of hydrogen-bond donors (Lipinski definition) is 2. The van der Waals surface area contributed by atoms with E-state index in [1.165, 1.54) is 49.7 Å². The molecule has 0 bridgehead atoms. The predicted octanol–water partition coefficient (Wildman–Crippen LogP) is 7.65. The van der Waals surface area contributed by atoms with Crippen LogP contribution in [0.2, 0.25) is 0 Å². The summed E-state index contributed by atoms with van der Waals surface area (Å²) in [4.78, 5) is 44.3. The first-order valence-electron chi connectivity index (χ1n) is 22.0. The van der Waals surface area contributed by atoms with E-state index in [4.69, 9.17) is 14.8 Å². The largest absolute Gasteiger partial charge is 0.381 e. The molecule has 0 aromatic carbocycles. The number of amides is 2. The van der Waals surface area contributed by atoms with Gasteiger partial charge in [-0.05, 0) is 107 Å². The molecule has 2 unspecified atom stereocenters. The van der Waals surface area contributed by atoms with Gasteiger partial charge in [-0.15, -0.1) is 0 Å². The molecular formula is C46H73N7O4. The van der Waals surface area contributed by atoms with Crippen LogP contribution in [-0.4, -0.2) is 104 Å². The van der Waals surface area contributed by atoms with Gasteiger partial charge in [0.1, 0.15) is 12.0 Å². The number of rotatable bonds is 27. The quantitative estimate of drug-likeness (QED) is 0.0407. The zero-order valence-electron chi connectivity index (χ0n) is 35.7. The van der Waals surface area contributed by atoms with Gasteiger partial charge in [0, 0.05) is 58.6 Å². The summed E-state index contributed by atoms with van der Waals surface area (Å²) in [5.74, 6) is 0.615. The second-order valence-corrected chi connectivity index (χ2v) is 16.7. The first-order valence-corrected chi connectivity index (χ1v) is 22.0. The summed E-state index contributed by atoms with van der Waals surface area (Å²) in [7, 11) is 1.97. The van der Waals surface area contributed by atoms with Gasteiger partial charge in [0.25, 0.3) is 0 Å². The Hall–Kier alpha value is -3.67. The van der Waals surface area contributed by atoms with Gasteiger partial charge in [-0.3, -0.25) is 14.3 Å². The van der Waals surface area contributed by atoms with Crippen molar-refractivity contribution in [3.63, 3.8) is 0 Å². The van der Waals surface area contributed by atoms with Gasteiger partial charge < -0.3 is 30.0 Å². The van der Waals surface area contributed by atoms with E-state index in [-0.39, 0.29) is 23.2 Å². The maximum atomic E-state index is 13.2. The highest BCUT2D eigenvalue weighted by Gasteiger charge is 2.34. The monoisotopic (exact) mass is 788 g/mol. The van der Waals surface area contributed by atoms with Gasteiger partial charge in [0.2, 0.25) is 12.3 Å². The summed E-state index contributed by atoms with van der Waals surface area (Å²) in [6.07, 6.45) is 32.4. The topological polar surface area (TPSA) is 121 Å². The molecule has 0 spiro atoms. The summed E-state index contributed by atoms with van der Waals surface area (Å²) in [6.45, 7) is 13.6. The van der Waals surface area contributed by atoms with E-state index in [2.05, 4.69) is 60.9 Å². The lowest BCUT2D eigenvalue weighted by molar-refractivity contribution is -0.134. The Morgan fingerprint density at radius 3 is 2.53 bits per heavy atom. The molecule has 0 radical (unpaired) electrons. The number of carbonyl (C=O) groups is 3. The molecular weight excluding hydrogens is 715 g/mol. The smallest absolute Gasteiger partial charge is 0.223 e. The molecule has 1 aromatic rings. The van der Waals surface area contributed by atoms with Crippen LogP contribution >= 0.6 is 0 Å². The summed E-state index contributed by atoms with van der Waals surface area (Å²) in [5.41, 5.74) is 5.22. The zero-order valence-corrected chi connectivity index (χ0v) is 35.7. The molecule has 11 heteroatoms. The van der Waals surface area contributed by atoms with Gasteiger partial charge in [0.05, 0.1) is 24.3 Å². The Balaban J connectivity index is 1.12. The molecule has 1 aliphatic heterocycles. The van der Waals surface area contributed by atoms with Crippen molar-refractivity contribution in [2.45, 2.75) is 123 Å². The average molecular weight is 788 g/mol. The molecule has 2 amide bonds. The summed E-state index contributed by atoms with van der Waals surface area (Å²) in [5, 5.41) is 11.9. The van der Waals surface area contributed by atoms with Crippen LogP contribution in [0.25, 0.3) is 0 Å². The van der Waals surface area contributed by atoms with Gasteiger partial charge in [-0.2, -0.15) is 5.10 Å². The number of ether oxygens (including phenoxy) is 1. The number of hydrogen-bond acceptors (Lipinski definition) is 8. The number of nitrogens with one attached hydrogen (secondary N) is 2. The standard InChI is InChI=1S/C46H73N7O4/c1-38(41-17-11-7-8-12-18-41)33-43(56)53-28-23-46(3,24-29-53)35-52(37-55)36-49-44-39(2)50-51(4)45(44)42-21-19-40(20-22-42)34-48-27-15-26-47-25-13-9-5-6-10-14-31-57-32-16-30-54/h11,17-21,30,36-38,42,47-48H,5-10,12-16,22-29,31-35H2,1-4H3. The third-order valence-electron chi connectivity index (χ3n) is 11.7. The molecule has 57 heavy (non-hydrogen) atoms. The van der Waals surface area contributed by atoms with Crippen molar-refractivity contribution >= 4 is 30.6 Å². The van der Waals surface area contributed by atoms with Gasteiger partial charge in [-0.1, -0.05) is 76.0 Å². The van der Waals surface area contributed by atoms with Crippen molar-refractivity contribution < 1.29 is 19.1 Å². The van der Waals surface area contributed by atoms with Crippen molar-refractivity contribution in [3.05, 3.63) is 59.0 Å². The van der Waals surface area contributed by atoms with Crippen LogP contribution in [0.4, 0.5) is 5.69 Å². The van der Waals surface area contributed by atoms with Gasteiger partial charge in [-0.25, -0.2) is 4.99 Å². The van der Waals surface area contributed by atoms with Crippen LogP contribution in [0, 0.1) is 18.3 Å². The molecule has 2 aliphatic carbocycles. The van der Waals surface area contributed by atoms with Crippen molar-refractivity contribution in [2.75, 3.05) is 59.0 Å². The van der Waals surface area contributed by atoms with Crippen molar-refractivity contribution in [3.8, 4) is 0 Å². The van der Waals surface area contributed by atoms with Crippen LogP contribution in [0.5, 0.6) is 0 Å². The molecule has 0 saturated carbocycles. The molecule has 1 aromatic heterocycles. The Labute approximate surface area is 343 Å². The minimum atomic E-state index is -0.0937. The van der Waals surface area contributed by atoms with Gasteiger partial charge in [0.15, 0.2) is 0 Å². The third kappa shape index (κ3) is 16.2. The Morgan fingerprint density at radius 1 is 1.02 bits per heavy atom. The molecule has 1 fully saturated rings. The number of likely N-dealkylation sites (tertiary alicyclic amines) is 1. The average Bonchev–Trinajstić information content (AvgIpc) is 3.34. The summed E-state index contributed by atoms with van der Waals surface area (Å²) >= 11 is 0. The number of aliphatic imine (C=N–C) groups is 1. The van der Waals surface area contributed by atoms with E-state index < -0.39 is 0 Å². The maximum absolute atomic E-state index is 13.2. The highest BCUT2D eigenvalue weighted by molar-refractivity contribution is 5.77. The highest BCUT2D eigenvalue weighted by atomic mass is 16.5. The molecule has 11 nitrogen and oxygen atoms in total. The fourth-order valence-corrected chi connectivity index (χ4v) is 8.13. The van der Waals surface area contributed by atoms with E-state index in [1.54, 1.807) is 11.2 Å². The third-order valence-corrected chi connectivity index (χ3v) is 11.7. The van der Waals surface area contributed by atoms with Crippen LogP contribution in [0.3, 0.4) is 0 Å². The molecule has 2 atom stereocenters. The molecule has 4 rings (SSSR count). The lowest BCUT2D eigenvalue weighted by Crippen LogP contribution is -2.46. The number of aryl methyl sites for hydroxylation is 2. The summed E-state index contributed by atoms with van der Waals surface area (Å²) < 4.78 is 7.35. The Bertz CT molecular complexity index is 1530. The molecule has 2 N–H and O–H groups in total. The van der Waals surface area contributed by atoms with Crippen LogP contribution in [-0.2, 0) is 26.2 Å². The first kappa shape index (κ1) is 46.0. The number of piperidine rings is 1. The van der Waals surface area contributed by atoms with Crippen molar-refractivity contribution in [2.24, 2.45) is 23.4 Å². The van der Waals surface area contributed by atoms with Crippen molar-refractivity contribution in [1.82, 2.24) is 30.2 Å². The van der Waals surface area contributed by atoms with Crippen LogP contribution in [0.1, 0.15) is 127 Å².